The van der Waals surface area contributed by atoms with Crippen molar-refractivity contribution in [3.8, 4) is 0 Å². The van der Waals surface area contributed by atoms with E-state index in [4.69, 9.17) is 9.73 Å². The monoisotopic (exact) mass is 326 g/mol. The first-order valence-corrected chi connectivity index (χ1v) is 7.36. The standard InChI is InChI=1S/C14H22N4O5/c1-5-11(9(3)18(21)22)6-12(16-20)7-15-14(19)13-8(2)17-23-10(13)4/h9,11,20H,5-7H2,1-4H3,(H,15,19)/b16-12-. The van der Waals surface area contributed by atoms with Crippen LogP contribution in [0.2, 0.25) is 0 Å². The van der Waals surface area contributed by atoms with E-state index >= 15 is 0 Å². The summed E-state index contributed by atoms with van der Waals surface area (Å²) in [6.07, 6.45) is 0.802. The maximum atomic E-state index is 12.1. The van der Waals surface area contributed by atoms with Crippen LogP contribution in [-0.2, 0) is 0 Å². The van der Waals surface area contributed by atoms with Gasteiger partial charge in [-0.15, -0.1) is 0 Å². The molecule has 2 atom stereocenters. The molecule has 0 fully saturated rings. The van der Waals surface area contributed by atoms with Gasteiger partial charge in [0.25, 0.3) is 5.91 Å². The van der Waals surface area contributed by atoms with Gasteiger partial charge >= 0.3 is 0 Å². The second-order valence-corrected chi connectivity index (χ2v) is 5.45. The lowest BCUT2D eigenvalue weighted by molar-refractivity contribution is -0.527. The largest absolute Gasteiger partial charge is 0.411 e. The van der Waals surface area contributed by atoms with E-state index in [1.165, 1.54) is 6.92 Å². The van der Waals surface area contributed by atoms with Gasteiger partial charge < -0.3 is 15.0 Å². The molecule has 1 heterocycles. The predicted octanol–water partition coefficient (Wildman–Crippen LogP) is 1.93. The molecular weight excluding hydrogens is 304 g/mol. The Morgan fingerprint density at radius 2 is 2.17 bits per heavy atom. The highest BCUT2D eigenvalue weighted by atomic mass is 16.6. The molecule has 1 amide bonds. The number of rotatable bonds is 8. The average Bonchev–Trinajstić information content (AvgIpc) is 2.85. The zero-order valence-corrected chi connectivity index (χ0v) is 13.7. The van der Waals surface area contributed by atoms with Crippen LogP contribution in [0.15, 0.2) is 9.68 Å². The van der Waals surface area contributed by atoms with Crippen molar-refractivity contribution in [2.24, 2.45) is 11.1 Å². The summed E-state index contributed by atoms with van der Waals surface area (Å²) in [4.78, 5) is 22.6. The van der Waals surface area contributed by atoms with Gasteiger partial charge in [0.15, 0.2) is 0 Å². The number of hydrogen-bond acceptors (Lipinski definition) is 7. The predicted molar refractivity (Wildman–Crippen MR) is 82.4 cm³/mol. The van der Waals surface area contributed by atoms with Crippen molar-refractivity contribution in [1.82, 2.24) is 10.5 Å². The van der Waals surface area contributed by atoms with Crippen molar-refractivity contribution >= 4 is 11.6 Å². The summed E-state index contributed by atoms with van der Waals surface area (Å²) in [5.41, 5.74) is 1.09. The smallest absolute Gasteiger partial charge is 0.257 e. The number of carbonyl (C=O) groups excluding carboxylic acids is 1. The minimum Gasteiger partial charge on any atom is -0.411 e. The Hall–Kier alpha value is -2.45. The summed E-state index contributed by atoms with van der Waals surface area (Å²) < 4.78 is 4.92. The fourth-order valence-corrected chi connectivity index (χ4v) is 2.36. The van der Waals surface area contributed by atoms with Gasteiger partial charge in [0.05, 0.1) is 18.0 Å². The van der Waals surface area contributed by atoms with Gasteiger partial charge in [0.2, 0.25) is 6.04 Å². The molecule has 9 heteroatoms. The molecule has 0 saturated heterocycles. The first kappa shape index (κ1) is 18.6. The molecule has 1 rings (SSSR count). The van der Waals surface area contributed by atoms with E-state index in [2.05, 4.69) is 15.6 Å². The molecule has 1 aromatic heterocycles. The summed E-state index contributed by atoms with van der Waals surface area (Å²) in [7, 11) is 0. The molecule has 0 aliphatic rings. The molecule has 2 unspecified atom stereocenters. The molecule has 0 spiro atoms. The van der Waals surface area contributed by atoms with Crippen molar-refractivity contribution in [2.75, 3.05) is 6.54 Å². The molecule has 2 N–H and O–H groups in total. The molecule has 1 aromatic rings. The summed E-state index contributed by atoms with van der Waals surface area (Å²) in [5.74, 6) is -0.263. The van der Waals surface area contributed by atoms with E-state index in [0.29, 0.717) is 23.4 Å². The first-order chi connectivity index (χ1) is 10.8. The van der Waals surface area contributed by atoms with E-state index in [9.17, 15) is 14.9 Å². The highest BCUT2D eigenvalue weighted by molar-refractivity contribution is 5.99. The fourth-order valence-electron chi connectivity index (χ4n) is 2.36. The maximum Gasteiger partial charge on any atom is 0.257 e. The number of nitrogens with zero attached hydrogens (tertiary/aromatic N) is 3. The van der Waals surface area contributed by atoms with Crippen molar-refractivity contribution in [3.05, 3.63) is 27.1 Å². The third-order valence-corrected chi connectivity index (χ3v) is 3.89. The lowest BCUT2D eigenvalue weighted by atomic mass is 9.92. The van der Waals surface area contributed by atoms with Gasteiger partial charge in [0, 0.05) is 24.2 Å². The van der Waals surface area contributed by atoms with Crippen LogP contribution in [-0.4, -0.2) is 39.5 Å². The van der Waals surface area contributed by atoms with Gasteiger partial charge in [-0.3, -0.25) is 14.9 Å². The number of nitrogens with one attached hydrogen (secondary N) is 1. The third-order valence-electron chi connectivity index (χ3n) is 3.89. The van der Waals surface area contributed by atoms with Gasteiger partial charge in [-0.1, -0.05) is 17.2 Å². The van der Waals surface area contributed by atoms with E-state index in [1.807, 2.05) is 6.92 Å². The van der Waals surface area contributed by atoms with Crippen LogP contribution < -0.4 is 5.32 Å². The Labute approximate surface area is 133 Å². The van der Waals surface area contributed by atoms with Gasteiger partial charge in [0.1, 0.15) is 11.3 Å². The fraction of sp³-hybridized carbons (Fsp3) is 0.643. The Balaban J connectivity index is 2.67. The highest BCUT2D eigenvalue weighted by Crippen LogP contribution is 2.17. The minimum absolute atomic E-state index is 0.000325. The van der Waals surface area contributed by atoms with Crippen LogP contribution in [0.25, 0.3) is 0 Å². The number of amides is 1. The third kappa shape index (κ3) is 4.76. The average molecular weight is 326 g/mol. The number of oxime groups is 1. The number of carbonyl (C=O) groups is 1. The Bertz CT molecular complexity index is 576. The van der Waals surface area contributed by atoms with Crippen LogP contribution in [0.1, 0.15) is 48.5 Å². The van der Waals surface area contributed by atoms with Crippen molar-refractivity contribution < 1.29 is 19.4 Å². The van der Waals surface area contributed by atoms with E-state index in [1.54, 1.807) is 13.8 Å². The molecule has 128 valence electrons. The topological polar surface area (TPSA) is 131 Å². The molecule has 0 aromatic carbocycles. The van der Waals surface area contributed by atoms with Crippen LogP contribution >= 0.6 is 0 Å². The van der Waals surface area contributed by atoms with Gasteiger partial charge in [-0.25, -0.2) is 0 Å². The second kappa shape index (κ2) is 8.25. The van der Waals surface area contributed by atoms with E-state index in [0.717, 1.165) is 0 Å². The normalized spacial score (nSPS) is 14.3. The van der Waals surface area contributed by atoms with E-state index < -0.39 is 11.9 Å². The molecule has 0 radical (unpaired) electrons. The number of aromatic nitrogens is 1. The zero-order chi connectivity index (χ0) is 17.6. The number of hydrogen-bond donors (Lipinski definition) is 2. The number of nitro groups is 1. The molecule has 23 heavy (non-hydrogen) atoms. The SMILES string of the molecule is CCC(C/C(CNC(=O)c1c(C)noc1C)=N/O)C(C)[N+](=O)[O-]. The van der Waals surface area contributed by atoms with Crippen molar-refractivity contribution in [2.45, 2.75) is 46.6 Å². The quantitative estimate of drug-likeness (QED) is 0.325. The maximum absolute atomic E-state index is 12.1. The highest BCUT2D eigenvalue weighted by Gasteiger charge is 2.27. The molecule has 9 nitrogen and oxygen atoms in total. The van der Waals surface area contributed by atoms with Gasteiger partial charge in [-0.2, -0.15) is 0 Å². The van der Waals surface area contributed by atoms with Gasteiger partial charge in [-0.05, 0) is 20.3 Å². The van der Waals surface area contributed by atoms with Crippen molar-refractivity contribution in [3.63, 3.8) is 0 Å². The number of aryl methyl sites for hydroxylation is 2. The van der Waals surface area contributed by atoms with Crippen LogP contribution in [0.5, 0.6) is 0 Å². The van der Waals surface area contributed by atoms with Crippen LogP contribution in [0.3, 0.4) is 0 Å². The summed E-state index contributed by atoms with van der Waals surface area (Å²) in [6, 6.07) is -0.755. The molecule has 0 aliphatic carbocycles. The Morgan fingerprint density at radius 1 is 1.52 bits per heavy atom. The molecule has 0 saturated carbocycles. The summed E-state index contributed by atoms with van der Waals surface area (Å²) in [6.45, 7) is 6.63. The Kier molecular flexibility index (Phi) is 6.67. The molecule has 0 bridgehead atoms. The first-order valence-electron chi connectivity index (χ1n) is 7.36. The van der Waals surface area contributed by atoms with E-state index in [-0.39, 0.29) is 29.5 Å². The molecular formula is C14H22N4O5. The summed E-state index contributed by atoms with van der Waals surface area (Å²) in [5, 5.41) is 29.4. The minimum atomic E-state index is -0.755. The Morgan fingerprint density at radius 3 is 2.61 bits per heavy atom. The van der Waals surface area contributed by atoms with Crippen molar-refractivity contribution in [1.29, 1.82) is 0 Å². The van der Waals surface area contributed by atoms with Crippen LogP contribution in [0.4, 0.5) is 0 Å². The lowest BCUT2D eigenvalue weighted by Gasteiger charge is -2.17. The molecule has 0 aliphatic heterocycles. The second-order valence-electron chi connectivity index (χ2n) is 5.45. The summed E-state index contributed by atoms with van der Waals surface area (Å²) >= 11 is 0. The lowest BCUT2D eigenvalue weighted by Crippen LogP contribution is -2.34. The zero-order valence-electron chi connectivity index (χ0n) is 13.7. The van der Waals surface area contributed by atoms with Crippen LogP contribution in [0, 0.1) is 29.9 Å².